The van der Waals surface area contributed by atoms with Crippen LogP contribution in [0.25, 0.3) is 0 Å². The Morgan fingerprint density at radius 3 is 2.55 bits per heavy atom. The van der Waals surface area contributed by atoms with Crippen molar-refractivity contribution in [3.05, 3.63) is 0 Å². The quantitative estimate of drug-likeness (QED) is 0.793. The van der Waals surface area contributed by atoms with Crippen molar-refractivity contribution in [2.45, 2.75) is 55.3 Å². The molecule has 0 bridgehead atoms. The summed E-state index contributed by atoms with van der Waals surface area (Å²) in [5.41, 5.74) is 0. The Kier molecular flexibility index (Phi) is 5.34. The average molecular weight is 316 g/mol. The Hall–Kier alpha value is 0.290. The van der Waals surface area contributed by atoms with Crippen molar-refractivity contribution in [1.29, 1.82) is 0 Å². The van der Waals surface area contributed by atoms with E-state index in [1.54, 1.807) is 0 Å². The smallest absolute Gasteiger partial charge is 0.157 e. The van der Waals surface area contributed by atoms with E-state index in [4.69, 9.17) is 9.47 Å². The van der Waals surface area contributed by atoms with Gasteiger partial charge in [-0.1, -0.05) is 0 Å². The summed E-state index contributed by atoms with van der Waals surface area (Å²) in [4.78, 5) is 11.7. The number of ketones is 1. The second-order valence-electron chi connectivity index (χ2n) is 5.90. The summed E-state index contributed by atoms with van der Waals surface area (Å²) in [6, 6.07) is 0. The first-order chi connectivity index (χ1) is 9.78. The van der Waals surface area contributed by atoms with Gasteiger partial charge in [-0.3, -0.25) is 4.79 Å². The third-order valence-electron chi connectivity index (χ3n) is 4.47. The van der Waals surface area contributed by atoms with E-state index in [9.17, 15) is 4.79 Å². The van der Waals surface area contributed by atoms with Crippen LogP contribution in [0.3, 0.4) is 0 Å². The average Bonchev–Trinajstić information content (AvgIpc) is 2.94. The predicted molar refractivity (Wildman–Crippen MR) is 84.2 cm³/mol. The molecule has 1 atom stereocenters. The van der Waals surface area contributed by atoms with Crippen molar-refractivity contribution in [3.8, 4) is 0 Å². The molecular formula is C15H24O3S2. The maximum absolute atomic E-state index is 11.7. The fourth-order valence-corrected chi connectivity index (χ4v) is 7.07. The fourth-order valence-electron chi connectivity index (χ4n) is 3.39. The molecule has 3 rings (SSSR count). The van der Waals surface area contributed by atoms with Gasteiger partial charge in [0, 0.05) is 19.3 Å². The summed E-state index contributed by atoms with van der Waals surface area (Å²) in [6.45, 7) is 1.67. The molecule has 0 N–H and O–H groups in total. The molecule has 2 saturated heterocycles. The Labute approximate surface area is 129 Å². The second kappa shape index (κ2) is 7.03. The van der Waals surface area contributed by atoms with Crippen LogP contribution in [0, 0.1) is 5.92 Å². The molecule has 114 valence electrons. The molecule has 0 amide bonds. The molecule has 3 nitrogen and oxygen atoms in total. The van der Waals surface area contributed by atoms with Crippen LogP contribution in [0.15, 0.2) is 0 Å². The predicted octanol–water partition coefficient (Wildman–Crippen LogP) is 3.47. The van der Waals surface area contributed by atoms with Gasteiger partial charge >= 0.3 is 0 Å². The van der Waals surface area contributed by atoms with Crippen LogP contribution in [-0.4, -0.2) is 40.9 Å². The van der Waals surface area contributed by atoms with Crippen LogP contribution in [0.1, 0.15) is 44.9 Å². The molecule has 1 aliphatic carbocycles. The molecular weight excluding hydrogens is 292 g/mol. The number of carbonyl (C=O) groups is 1. The van der Waals surface area contributed by atoms with Crippen LogP contribution in [-0.2, 0) is 14.3 Å². The summed E-state index contributed by atoms with van der Waals surface area (Å²) < 4.78 is 11.6. The minimum atomic E-state index is -0.0131. The highest BCUT2D eigenvalue weighted by Crippen LogP contribution is 2.54. The highest BCUT2D eigenvalue weighted by atomic mass is 32.2. The molecule has 20 heavy (non-hydrogen) atoms. The number of hydrogen-bond donors (Lipinski definition) is 0. The lowest BCUT2D eigenvalue weighted by Crippen LogP contribution is -2.35. The van der Waals surface area contributed by atoms with Gasteiger partial charge in [-0.05, 0) is 43.1 Å². The van der Waals surface area contributed by atoms with Crippen molar-refractivity contribution < 1.29 is 14.3 Å². The first kappa shape index (κ1) is 15.2. The zero-order valence-corrected chi connectivity index (χ0v) is 13.6. The van der Waals surface area contributed by atoms with Gasteiger partial charge in [0.1, 0.15) is 5.78 Å². The first-order valence-electron chi connectivity index (χ1n) is 7.81. The lowest BCUT2D eigenvalue weighted by atomic mass is 9.98. The van der Waals surface area contributed by atoms with Gasteiger partial charge in [0.25, 0.3) is 0 Å². The molecule has 3 fully saturated rings. The summed E-state index contributed by atoms with van der Waals surface area (Å²) >= 11 is 4.20. The standard InChI is InChI=1S/C15H24O3S2/c16-13-4-3-12(11-13)15(19-9-2-10-20-15)6-5-14-17-7-1-8-18-14/h12,14H,1-11H2. The lowest BCUT2D eigenvalue weighted by molar-refractivity contribution is -0.181. The van der Waals surface area contributed by atoms with Crippen LogP contribution >= 0.6 is 23.5 Å². The zero-order valence-electron chi connectivity index (χ0n) is 12.0. The maximum atomic E-state index is 11.7. The monoisotopic (exact) mass is 316 g/mol. The molecule has 1 saturated carbocycles. The van der Waals surface area contributed by atoms with Crippen LogP contribution in [0.5, 0.6) is 0 Å². The number of hydrogen-bond acceptors (Lipinski definition) is 5. The van der Waals surface area contributed by atoms with Crippen molar-refractivity contribution in [2.75, 3.05) is 24.7 Å². The lowest BCUT2D eigenvalue weighted by Gasteiger charge is -2.41. The van der Waals surface area contributed by atoms with Gasteiger partial charge in [0.2, 0.25) is 0 Å². The third kappa shape index (κ3) is 3.54. The van der Waals surface area contributed by atoms with Gasteiger partial charge in [-0.25, -0.2) is 0 Å². The molecule has 2 heterocycles. The summed E-state index contributed by atoms with van der Waals surface area (Å²) in [7, 11) is 0. The van der Waals surface area contributed by atoms with E-state index in [2.05, 4.69) is 23.5 Å². The number of Topliss-reactive ketones (excluding diaryl/α,β-unsaturated/α-hetero) is 1. The largest absolute Gasteiger partial charge is 0.353 e. The highest BCUT2D eigenvalue weighted by Gasteiger charge is 2.44. The van der Waals surface area contributed by atoms with Crippen molar-refractivity contribution in [1.82, 2.24) is 0 Å². The van der Waals surface area contributed by atoms with Gasteiger partial charge in [-0.15, -0.1) is 23.5 Å². The fraction of sp³-hybridized carbons (Fsp3) is 0.933. The molecule has 0 spiro atoms. The van der Waals surface area contributed by atoms with E-state index in [-0.39, 0.29) is 10.4 Å². The topological polar surface area (TPSA) is 35.5 Å². The Balaban J connectivity index is 1.61. The number of ether oxygens (including phenoxy) is 2. The molecule has 5 heteroatoms. The van der Waals surface area contributed by atoms with E-state index in [0.29, 0.717) is 11.7 Å². The van der Waals surface area contributed by atoms with E-state index >= 15 is 0 Å². The van der Waals surface area contributed by atoms with E-state index in [0.717, 1.165) is 51.7 Å². The number of carbonyl (C=O) groups excluding carboxylic acids is 1. The van der Waals surface area contributed by atoms with E-state index < -0.39 is 0 Å². The van der Waals surface area contributed by atoms with E-state index in [1.165, 1.54) is 17.9 Å². The molecule has 2 aliphatic heterocycles. The zero-order chi connectivity index (χ0) is 13.8. The molecule has 0 radical (unpaired) electrons. The summed E-state index contributed by atoms with van der Waals surface area (Å²) in [5.74, 6) is 3.51. The Morgan fingerprint density at radius 2 is 1.90 bits per heavy atom. The number of thioether (sulfide) groups is 2. The summed E-state index contributed by atoms with van der Waals surface area (Å²) in [5, 5.41) is 0. The maximum Gasteiger partial charge on any atom is 0.157 e. The number of rotatable bonds is 4. The van der Waals surface area contributed by atoms with Crippen LogP contribution in [0.2, 0.25) is 0 Å². The normalized spacial score (nSPS) is 31.6. The van der Waals surface area contributed by atoms with Crippen molar-refractivity contribution in [2.24, 2.45) is 5.92 Å². The summed E-state index contributed by atoms with van der Waals surface area (Å²) in [6.07, 6.45) is 7.08. The minimum absolute atomic E-state index is 0.0131. The molecule has 1 unspecified atom stereocenters. The molecule has 3 aliphatic rings. The van der Waals surface area contributed by atoms with Gasteiger partial charge in [-0.2, -0.15) is 0 Å². The van der Waals surface area contributed by atoms with Gasteiger partial charge in [0.05, 0.1) is 17.3 Å². The Bertz CT molecular complexity index is 336. The van der Waals surface area contributed by atoms with Crippen molar-refractivity contribution >= 4 is 29.3 Å². The first-order valence-corrected chi connectivity index (χ1v) is 9.78. The van der Waals surface area contributed by atoms with Crippen LogP contribution < -0.4 is 0 Å². The van der Waals surface area contributed by atoms with Gasteiger partial charge in [0.15, 0.2) is 6.29 Å². The Morgan fingerprint density at radius 1 is 1.15 bits per heavy atom. The molecule has 0 aromatic heterocycles. The SMILES string of the molecule is O=C1CCC(C2(CCC3OCCCO3)SCCCS2)C1. The molecule has 0 aromatic carbocycles. The van der Waals surface area contributed by atoms with Crippen LogP contribution in [0.4, 0.5) is 0 Å². The second-order valence-corrected chi connectivity index (χ2v) is 9.01. The third-order valence-corrected chi connectivity index (χ3v) is 8.22. The highest BCUT2D eigenvalue weighted by molar-refractivity contribution is 8.18. The van der Waals surface area contributed by atoms with Crippen molar-refractivity contribution in [3.63, 3.8) is 0 Å². The molecule has 0 aromatic rings. The van der Waals surface area contributed by atoms with Gasteiger partial charge < -0.3 is 9.47 Å². The minimum Gasteiger partial charge on any atom is -0.353 e. The van der Waals surface area contributed by atoms with E-state index in [1.807, 2.05) is 0 Å².